The van der Waals surface area contributed by atoms with Crippen molar-refractivity contribution in [2.75, 3.05) is 20.8 Å². The molecule has 0 bridgehead atoms. The number of rotatable bonds is 7. The third kappa shape index (κ3) is 4.29. The molecular formula is C21H19Cl2N5O3S. The number of H-pyrrole nitrogens is 1. The number of hydrogen-bond donors (Lipinski definition) is 3. The molecule has 0 aliphatic heterocycles. The molecule has 0 aliphatic rings. The fourth-order valence-electron chi connectivity index (χ4n) is 3.29. The number of halogens is 2. The number of fused-ring (bicyclic) bond motifs is 1. The summed E-state index contributed by atoms with van der Waals surface area (Å²) in [5, 5.41) is 19.8. The average molecular weight is 492 g/mol. The van der Waals surface area contributed by atoms with Crippen LogP contribution in [0, 0.1) is 5.41 Å². The van der Waals surface area contributed by atoms with E-state index in [9.17, 15) is 5.11 Å². The van der Waals surface area contributed by atoms with Crippen LogP contribution in [0.1, 0.15) is 11.6 Å². The molecule has 2 aromatic heterocycles. The molecule has 4 aromatic rings. The number of imidazole rings is 1. The molecule has 4 rings (SSSR count). The van der Waals surface area contributed by atoms with Crippen LogP contribution in [-0.4, -0.2) is 45.5 Å². The first-order valence-electron chi connectivity index (χ1n) is 9.42. The van der Waals surface area contributed by atoms with Crippen molar-refractivity contribution in [3.05, 3.63) is 63.8 Å². The Bertz CT molecular complexity index is 1340. The molecule has 2 aromatic carbocycles. The number of methoxy groups -OCH3 is 2. The predicted molar refractivity (Wildman–Crippen MR) is 123 cm³/mol. The van der Waals surface area contributed by atoms with Crippen molar-refractivity contribution in [2.45, 2.75) is 16.1 Å². The summed E-state index contributed by atoms with van der Waals surface area (Å²) in [5.41, 5.74) is 1.59. The summed E-state index contributed by atoms with van der Waals surface area (Å²) in [5.74, 6) is 1.34. The standard InChI is InChI=1S/C21H19Cl2N5O3S/c1-30-12-4-6-16(31-2)17(8-12)32-21-26-18-19(24)25-10-28(20(18)27-21)15(9-29)13-5-3-11(22)7-14(13)23/h3-8,10,15,24,29H,9H2,1-2H3,(H,26,27). The van der Waals surface area contributed by atoms with E-state index in [0.29, 0.717) is 43.4 Å². The van der Waals surface area contributed by atoms with Gasteiger partial charge in [0.05, 0.1) is 38.1 Å². The minimum absolute atomic E-state index is 0.0344. The first-order chi connectivity index (χ1) is 15.4. The SMILES string of the molecule is COc1ccc(OC)c(Sc2nc3c([nH]2)c(=N)ncn3C(CO)c2ccc(Cl)cc2Cl)c1. The van der Waals surface area contributed by atoms with Crippen molar-refractivity contribution < 1.29 is 14.6 Å². The van der Waals surface area contributed by atoms with Crippen molar-refractivity contribution >= 4 is 46.1 Å². The van der Waals surface area contributed by atoms with Crippen molar-refractivity contribution in [2.24, 2.45) is 0 Å². The predicted octanol–water partition coefficient (Wildman–Crippen LogP) is 4.30. The van der Waals surface area contributed by atoms with Crippen molar-refractivity contribution in [3.63, 3.8) is 0 Å². The summed E-state index contributed by atoms with van der Waals surface area (Å²) in [7, 11) is 3.18. The second-order valence-corrected chi connectivity index (χ2v) is 8.60. The van der Waals surface area contributed by atoms with Crippen molar-refractivity contribution in [1.29, 1.82) is 5.41 Å². The highest BCUT2D eigenvalue weighted by atomic mass is 35.5. The van der Waals surface area contributed by atoms with Crippen LogP contribution in [0.5, 0.6) is 11.5 Å². The van der Waals surface area contributed by atoms with Gasteiger partial charge < -0.3 is 24.1 Å². The summed E-state index contributed by atoms with van der Waals surface area (Å²) in [6, 6.07) is 9.97. The molecule has 1 atom stereocenters. The van der Waals surface area contributed by atoms with Crippen LogP contribution in [0.3, 0.4) is 0 Å². The van der Waals surface area contributed by atoms with Crippen LogP contribution in [-0.2, 0) is 0 Å². The molecule has 166 valence electrons. The third-order valence-corrected chi connectivity index (χ3v) is 6.35. The summed E-state index contributed by atoms with van der Waals surface area (Å²) < 4.78 is 12.4. The highest BCUT2D eigenvalue weighted by molar-refractivity contribution is 7.99. The van der Waals surface area contributed by atoms with Gasteiger partial charge in [0.1, 0.15) is 17.0 Å². The monoisotopic (exact) mass is 491 g/mol. The molecule has 32 heavy (non-hydrogen) atoms. The molecular weight excluding hydrogens is 473 g/mol. The van der Waals surface area contributed by atoms with Crippen LogP contribution in [0.2, 0.25) is 10.0 Å². The van der Waals surface area contributed by atoms with Gasteiger partial charge in [-0.3, -0.25) is 5.41 Å². The maximum Gasteiger partial charge on any atom is 0.173 e. The molecule has 2 heterocycles. The van der Waals surface area contributed by atoms with E-state index in [0.717, 1.165) is 4.90 Å². The van der Waals surface area contributed by atoms with E-state index < -0.39 is 6.04 Å². The van der Waals surface area contributed by atoms with E-state index in [1.165, 1.54) is 18.1 Å². The van der Waals surface area contributed by atoms with Crippen LogP contribution < -0.4 is 15.0 Å². The Morgan fingerprint density at radius 1 is 1.19 bits per heavy atom. The second-order valence-electron chi connectivity index (χ2n) is 6.72. The van der Waals surface area contributed by atoms with Gasteiger partial charge in [0.2, 0.25) is 0 Å². The van der Waals surface area contributed by atoms with E-state index in [1.54, 1.807) is 37.0 Å². The second kappa shape index (κ2) is 9.41. The number of nitrogens with zero attached hydrogens (tertiary/aromatic N) is 3. The van der Waals surface area contributed by atoms with Gasteiger partial charge in [-0.1, -0.05) is 29.3 Å². The molecule has 8 nitrogen and oxygen atoms in total. The third-order valence-electron chi connectivity index (χ3n) is 4.86. The zero-order valence-electron chi connectivity index (χ0n) is 17.1. The van der Waals surface area contributed by atoms with E-state index in [4.69, 9.17) is 38.1 Å². The molecule has 0 saturated heterocycles. The quantitative estimate of drug-likeness (QED) is 0.355. The zero-order valence-corrected chi connectivity index (χ0v) is 19.4. The van der Waals surface area contributed by atoms with Gasteiger partial charge in [-0.15, -0.1) is 0 Å². The fourth-order valence-corrected chi connectivity index (χ4v) is 4.74. The highest BCUT2D eigenvalue weighted by Crippen LogP contribution is 2.37. The average Bonchev–Trinajstić information content (AvgIpc) is 3.21. The zero-order chi connectivity index (χ0) is 22.8. The molecule has 0 amide bonds. The molecule has 11 heteroatoms. The molecule has 3 N–H and O–H groups in total. The summed E-state index contributed by atoms with van der Waals surface area (Å²) in [6.45, 7) is -0.251. The molecule has 0 saturated carbocycles. The van der Waals surface area contributed by atoms with Crippen LogP contribution in [0.25, 0.3) is 11.2 Å². The first-order valence-corrected chi connectivity index (χ1v) is 11.0. The molecule has 0 fully saturated rings. The van der Waals surface area contributed by atoms with Gasteiger partial charge in [-0.25, -0.2) is 9.97 Å². The highest BCUT2D eigenvalue weighted by Gasteiger charge is 2.21. The summed E-state index contributed by atoms with van der Waals surface area (Å²) in [4.78, 5) is 12.8. The number of hydrogen-bond acceptors (Lipinski definition) is 7. The van der Waals surface area contributed by atoms with Crippen LogP contribution in [0.4, 0.5) is 0 Å². The number of benzene rings is 2. The number of nitrogens with one attached hydrogen (secondary N) is 2. The normalized spacial score (nSPS) is 12.2. The summed E-state index contributed by atoms with van der Waals surface area (Å²) >= 11 is 13.7. The largest absolute Gasteiger partial charge is 0.497 e. The number of ether oxygens (including phenoxy) is 2. The lowest BCUT2D eigenvalue weighted by Crippen LogP contribution is -2.20. The minimum Gasteiger partial charge on any atom is -0.497 e. The number of aliphatic hydroxyl groups excluding tert-OH is 1. The number of aliphatic hydroxyl groups is 1. The van der Waals surface area contributed by atoms with Gasteiger partial charge >= 0.3 is 0 Å². The van der Waals surface area contributed by atoms with E-state index in [1.807, 2.05) is 18.2 Å². The molecule has 0 aliphatic carbocycles. The molecule has 0 radical (unpaired) electrons. The lowest BCUT2D eigenvalue weighted by Gasteiger charge is -2.20. The van der Waals surface area contributed by atoms with Gasteiger partial charge in [-0.2, -0.15) is 0 Å². The number of aromatic nitrogens is 4. The van der Waals surface area contributed by atoms with E-state index >= 15 is 0 Å². The van der Waals surface area contributed by atoms with E-state index in [2.05, 4.69) is 15.0 Å². The van der Waals surface area contributed by atoms with Gasteiger partial charge in [-0.05, 0) is 47.7 Å². The Kier molecular flexibility index (Phi) is 6.61. The van der Waals surface area contributed by atoms with Crippen molar-refractivity contribution in [1.82, 2.24) is 19.5 Å². The van der Waals surface area contributed by atoms with Crippen LogP contribution in [0.15, 0.2) is 52.8 Å². The van der Waals surface area contributed by atoms with Gasteiger partial charge in [0, 0.05) is 10.0 Å². The summed E-state index contributed by atoms with van der Waals surface area (Å²) in [6.07, 6.45) is 1.47. The van der Waals surface area contributed by atoms with Crippen LogP contribution >= 0.6 is 35.0 Å². The molecule has 1 unspecified atom stereocenters. The fraction of sp³-hybridized carbons (Fsp3) is 0.190. The Labute approximate surface area is 197 Å². The lowest BCUT2D eigenvalue weighted by molar-refractivity contribution is 0.250. The Hall–Kier alpha value is -2.72. The smallest absolute Gasteiger partial charge is 0.173 e. The Morgan fingerprint density at radius 3 is 2.69 bits per heavy atom. The topological polar surface area (TPSA) is 109 Å². The van der Waals surface area contributed by atoms with Crippen molar-refractivity contribution in [3.8, 4) is 11.5 Å². The molecule has 0 spiro atoms. The first kappa shape index (κ1) is 22.5. The Balaban J connectivity index is 1.81. The Morgan fingerprint density at radius 2 is 2.00 bits per heavy atom. The number of aromatic amines is 1. The minimum atomic E-state index is -0.567. The lowest BCUT2D eigenvalue weighted by atomic mass is 10.1. The maximum atomic E-state index is 10.2. The van der Waals surface area contributed by atoms with Gasteiger partial charge in [0.15, 0.2) is 16.3 Å². The maximum absolute atomic E-state index is 10.2. The van der Waals surface area contributed by atoms with Gasteiger partial charge in [0.25, 0.3) is 0 Å². The van der Waals surface area contributed by atoms with E-state index in [-0.39, 0.29) is 12.1 Å².